The first-order chi connectivity index (χ1) is 10.1. The molecule has 2 aromatic rings. The zero-order chi connectivity index (χ0) is 15.2. The van der Waals surface area contributed by atoms with Gasteiger partial charge in [0.25, 0.3) is 0 Å². The van der Waals surface area contributed by atoms with Gasteiger partial charge in [0, 0.05) is 24.7 Å². The second-order valence-corrected chi connectivity index (χ2v) is 5.43. The number of benzene rings is 1. The number of para-hydroxylation sites is 1. The molecule has 0 unspecified atom stereocenters. The lowest BCUT2D eigenvalue weighted by Crippen LogP contribution is -2.06. The quantitative estimate of drug-likeness (QED) is 0.828. The maximum Gasteiger partial charge on any atom is 0.136 e. The van der Waals surface area contributed by atoms with Crippen LogP contribution in [-0.4, -0.2) is 17.0 Å². The molecule has 2 N–H and O–H groups in total. The minimum absolute atomic E-state index is 0.296. The summed E-state index contributed by atoms with van der Waals surface area (Å²) in [4.78, 5) is 9.10. The number of nitrogens with one attached hydrogen (secondary N) is 2. The third-order valence-corrected chi connectivity index (χ3v) is 3.32. The molecule has 0 fully saturated rings. The van der Waals surface area contributed by atoms with Crippen molar-refractivity contribution < 1.29 is 0 Å². The number of hydrogen-bond acceptors (Lipinski definition) is 4. The van der Waals surface area contributed by atoms with Crippen molar-refractivity contribution in [3.8, 4) is 0 Å². The summed E-state index contributed by atoms with van der Waals surface area (Å²) >= 11 is 0. The highest BCUT2D eigenvalue weighted by atomic mass is 15.1. The van der Waals surface area contributed by atoms with E-state index in [0.29, 0.717) is 5.92 Å². The molecular weight excluding hydrogens is 260 g/mol. The number of anilines is 3. The van der Waals surface area contributed by atoms with Gasteiger partial charge in [-0.25, -0.2) is 9.97 Å². The zero-order valence-corrected chi connectivity index (χ0v) is 13.3. The Morgan fingerprint density at radius 2 is 1.81 bits per heavy atom. The van der Waals surface area contributed by atoms with Crippen molar-refractivity contribution in [1.29, 1.82) is 0 Å². The van der Waals surface area contributed by atoms with Gasteiger partial charge in [-0.2, -0.15) is 0 Å². The summed E-state index contributed by atoms with van der Waals surface area (Å²) in [6, 6.07) is 10.3. The third-order valence-electron chi connectivity index (χ3n) is 3.32. The van der Waals surface area contributed by atoms with E-state index in [2.05, 4.69) is 59.6 Å². The van der Waals surface area contributed by atoms with Gasteiger partial charge in [-0.1, -0.05) is 45.4 Å². The van der Waals surface area contributed by atoms with Crippen molar-refractivity contribution in [3.63, 3.8) is 0 Å². The van der Waals surface area contributed by atoms with Crippen molar-refractivity contribution in [2.45, 2.75) is 39.5 Å². The second kappa shape index (κ2) is 7.07. The van der Waals surface area contributed by atoms with Crippen LogP contribution >= 0.6 is 0 Å². The maximum absolute atomic E-state index is 4.62. The van der Waals surface area contributed by atoms with Crippen molar-refractivity contribution in [1.82, 2.24) is 9.97 Å². The Labute approximate surface area is 127 Å². The maximum atomic E-state index is 4.62. The topological polar surface area (TPSA) is 49.8 Å². The average molecular weight is 284 g/mol. The van der Waals surface area contributed by atoms with Crippen LogP contribution in [0.5, 0.6) is 0 Å². The predicted molar refractivity (Wildman–Crippen MR) is 89.4 cm³/mol. The molecule has 2 rings (SSSR count). The third kappa shape index (κ3) is 3.94. The lowest BCUT2D eigenvalue weighted by molar-refractivity contribution is 0.778. The van der Waals surface area contributed by atoms with E-state index in [1.807, 2.05) is 19.2 Å². The van der Waals surface area contributed by atoms with E-state index in [9.17, 15) is 0 Å². The monoisotopic (exact) mass is 284 g/mol. The summed E-state index contributed by atoms with van der Waals surface area (Å²) in [5, 5.41) is 6.53. The Morgan fingerprint density at radius 1 is 1.10 bits per heavy atom. The van der Waals surface area contributed by atoms with Crippen LogP contribution in [0.1, 0.15) is 44.5 Å². The van der Waals surface area contributed by atoms with Crippen LogP contribution in [0.15, 0.2) is 30.3 Å². The molecule has 0 aliphatic heterocycles. The highest BCUT2D eigenvalue weighted by Crippen LogP contribution is 2.23. The fourth-order valence-corrected chi connectivity index (χ4v) is 2.18. The minimum Gasteiger partial charge on any atom is -0.373 e. The Hall–Kier alpha value is -2.10. The van der Waals surface area contributed by atoms with E-state index in [-0.39, 0.29) is 0 Å². The first-order valence-corrected chi connectivity index (χ1v) is 7.55. The fourth-order valence-electron chi connectivity index (χ4n) is 2.18. The van der Waals surface area contributed by atoms with Gasteiger partial charge in [-0.3, -0.25) is 0 Å². The van der Waals surface area contributed by atoms with Gasteiger partial charge in [0.15, 0.2) is 0 Å². The Bertz CT molecular complexity index is 593. The van der Waals surface area contributed by atoms with Crippen LogP contribution < -0.4 is 10.6 Å². The first-order valence-electron chi connectivity index (χ1n) is 7.55. The average Bonchev–Trinajstić information content (AvgIpc) is 2.49. The summed E-state index contributed by atoms with van der Waals surface area (Å²) in [5.74, 6) is 2.81. The normalized spacial score (nSPS) is 10.7. The molecule has 112 valence electrons. The van der Waals surface area contributed by atoms with Crippen LogP contribution in [-0.2, 0) is 6.42 Å². The first kappa shape index (κ1) is 15.3. The van der Waals surface area contributed by atoms with E-state index in [1.54, 1.807) is 0 Å². The summed E-state index contributed by atoms with van der Waals surface area (Å²) in [6.07, 6.45) is 2.19. The van der Waals surface area contributed by atoms with E-state index < -0.39 is 0 Å². The molecule has 0 radical (unpaired) electrons. The van der Waals surface area contributed by atoms with Crippen LogP contribution in [0.4, 0.5) is 17.3 Å². The minimum atomic E-state index is 0.296. The Morgan fingerprint density at radius 3 is 2.48 bits per heavy atom. The summed E-state index contributed by atoms with van der Waals surface area (Å²) in [5.41, 5.74) is 2.44. The molecular formula is C17H24N4. The molecule has 0 amide bonds. The number of aromatic nitrogens is 2. The zero-order valence-electron chi connectivity index (χ0n) is 13.3. The summed E-state index contributed by atoms with van der Waals surface area (Å²) in [7, 11) is 1.88. The van der Waals surface area contributed by atoms with E-state index in [0.717, 1.165) is 36.0 Å². The van der Waals surface area contributed by atoms with Gasteiger partial charge < -0.3 is 10.6 Å². The molecule has 0 aliphatic carbocycles. The van der Waals surface area contributed by atoms with Crippen LogP contribution in [0.2, 0.25) is 0 Å². The van der Waals surface area contributed by atoms with Crippen molar-refractivity contribution in [2.24, 2.45) is 0 Å². The van der Waals surface area contributed by atoms with E-state index in [1.165, 1.54) is 5.56 Å². The molecule has 0 saturated heterocycles. The molecule has 0 saturated carbocycles. The smallest absolute Gasteiger partial charge is 0.136 e. The number of rotatable bonds is 6. The van der Waals surface area contributed by atoms with Gasteiger partial charge in [0.2, 0.25) is 0 Å². The fraction of sp³-hybridized carbons (Fsp3) is 0.412. The molecule has 21 heavy (non-hydrogen) atoms. The lowest BCUT2D eigenvalue weighted by atomic mass is 10.1. The molecule has 0 spiro atoms. The molecule has 0 atom stereocenters. The Balaban J connectivity index is 2.32. The largest absolute Gasteiger partial charge is 0.373 e. The lowest BCUT2D eigenvalue weighted by Gasteiger charge is -2.14. The number of aryl methyl sites for hydroxylation is 1. The number of nitrogens with zero attached hydrogens (tertiary/aromatic N) is 2. The SMILES string of the molecule is CCCc1ccccc1Nc1cc(NC)nc(C(C)C)n1. The van der Waals surface area contributed by atoms with E-state index >= 15 is 0 Å². The highest BCUT2D eigenvalue weighted by molar-refractivity contribution is 5.62. The predicted octanol–water partition coefficient (Wildman–Crippen LogP) is 4.34. The Kier molecular flexibility index (Phi) is 5.14. The number of hydrogen-bond donors (Lipinski definition) is 2. The van der Waals surface area contributed by atoms with E-state index in [4.69, 9.17) is 0 Å². The molecule has 1 aromatic carbocycles. The molecule has 0 bridgehead atoms. The summed E-state index contributed by atoms with van der Waals surface area (Å²) < 4.78 is 0. The second-order valence-electron chi connectivity index (χ2n) is 5.43. The molecule has 4 heteroatoms. The molecule has 1 aromatic heterocycles. The van der Waals surface area contributed by atoms with Gasteiger partial charge in [0.1, 0.15) is 17.5 Å². The van der Waals surface area contributed by atoms with Crippen LogP contribution in [0.3, 0.4) is 0 Å². The highest BCUT2D eigenvalue weighted by Gasteiger charge is 2.09. The van der Waals surface area contributed by atoms with Crippen LogP contribution in [0, 0.1) is 0 Å². The van der Waals surface area contributed by atoms with Gasteiger partial charge >= 0.3 is 0 Å². The van der Waals surface area contributed by atoms with Gasteiger partial charge in [-0.05, 0) is 18.1 Å². The van der Waals surface area contributed by atoms with Crippen molar-refractivity contribution in [3.05, 3.63) is 41.7 Å². The van der Waals surface area contributed by atoms with Crippen molar-refractivity contribution in [2.75, 3.05) is 17.7 Å². The molecule has 0 aliphatic rings. The molecule has 1 heterocycles. The standard InChI is InChI=1S/C17H24N4/c1-5-8-13-9-6-7-10-14(13)19-16-11-15(18-4)20-17(21-16)12(2)3/h6-7,9-12H,5,8H2,1-4H3,(H2,18,19,20,21). The van der Waals surface area contributed by atoms with Crippen molar-refractivity contribution >= 4 is 17.3 Å². The van der Waals surface area contributed by atoms with Crippen LogP contribution in [0.25, 0.3) is 0 Å². The molecule has 4 nitrogen and oxygen atoms in total. The van der Waals surface area contributed by atoms with Gasteiger partial charge in [0.05, 0.1) is 0 Å². The van der Waals surface area contributed by atoms with Gasteiger partial charge in [-0.15, -0.1) is 0 Å². The summed E-state index contributed by atoms with van der Waals surface area (Å²) in [6.45, 7) is 6.39.